The van der Waals surface area contributed by atoms with Gasteiger partial charge in [0.15, 0.2) is 0 Å². The van der Waals surface area contributed by atoms with Crippen molar-refractivity contribution in [3.8, 4) is 0 Å². The van der Waals surface area contributed by atoms with Crippen molar-refractivity contribution in [1.29, 1.82) is 0 Å². The van der Waals surface area contributed by atoms with Gasteiger partial charge in [0.05, 0.1) is 10.6 Å². The molecule has 0 spiro atoms. The van der Waals surface area contributed by atoms with Crippen molar-refractivity contribution in [2.45, 2.75) is 13.8 Å². The first-order valence-electron chi connectivity index (χ1n) is 5.62. The molecule has 0 radical (unpaired) electrons. The highest BCUT2D eigenvalue weighted by molar-refractivity contribution is 14.1. The molecule has 0 aliphatic rings. The standard InChI is InChI=1S/C12H18IN3O2/c1-12(2,7-14)8-15(3)11-5-4-9(16(17)18)6-10(11)13/h4-6H,7-8,14H2,1-3H3. The van der Waals surface area contributed by atoms with Crippen molar-refractivity contribution in [3.63, 3.8) is 0 Å². The van der Waals surface area contributed by atoms with Gasteiger partial charge in [0, 0.05) is 29.3 Å². The average molecular weight is 363 g/mol. The van der Waals surface area contributed by atoms with Crippen LogP contribution in [0.1, 0.15) is 13.8 Å². The predicted octanol–water partition coefficient (Wildman–Crippen LogP) is 2.62. The number of hydrogen-bond acceptors (Lipinski definition) is 4. The van der Waals surface area contributed by atoms with E-state index >= 15 is 0 Å². The zero-order valence-electron chi connectivity index (χ0n) is 10.8. The normalized spacial score (nSPS) is 11.4. The van der Waals surface area contributed by atoms with Crippen LogP contribution in [0.3, 0.4) is 0 Å². The van der Waals surface area contributed by atoms with Crippen LogP contribution in [0.15, 0.2) is 18.2 Å². The average Bonchev–Trinajstić information content (AvgIpc) is 2.28. The monoisotopic (exact) mass is 363 g/mol. The summed E-state index contributed by atoms with van der Waals surface area (Å²) in [5, 5.41) is 10.7. The summed E-state index contributed by atoms with van der Waals surface area (Å²) in [5.41, 5.74) is 6.84. The summed E-state index contributed by atoms with van der Waals surface area (Å²) in [6.45, 7) is 5.60. The molecule has 100 valence electrons. The molecule has 1 aromatic carbocycles. The fourth-order valence-electron chi connectivity index (χ4n) is 1.71. The van der Waals surface area contributed by atoms with Gasteiger partial charge in [-0.3, -0.25) is 10.1 Å². The maximum atomic E-state index is 10.7. The SMILES string of the molecule is CN(CC(C)(C)CN)c1ccc([N+](=O)[O-])cc1I. The summed E-state index contributed by atoms with van der Waals surface area (Å²) >= 11 is 2.12. The molecular weight excluding hydrogens is 345 g/mol. The Morgan fingerprint density at radius 1 is 1.50 bits per heavy atom. The number of anilines is 1. The van der Waals surface area contributed by atoms with E-state index in [1.807, 2.05) is 7.05 Å². The quantitative estimate of drug-likeness (QED) is 0.496. The first kappa shape index (κ1) is 15.2. The molecule has 0 saturated heterocycles. The van der Waals surface area contributed by atoms with Crippen molar-refractivity contribution in [2.75, 3.05) is 25.0 Å². The van der Waals surface area contributed by atoms with Gasteiger partial charge in [-0.2, -0.15) is 0 Å². The lowest BCUT2D eigenvalue weighted by molar-refractivity contribution is -0.384. The Hall–Kier alpha value is -0.890. The third-order valence-corrected chi connectivity index (χ3v) is 3.64. The van der Waals surface area contributed by atoms with Crippen molar-refractivity contribution in [1.82, 2.24) is 0 Å². The molecule has 0 aliphatic carbocycles. The number of benzene rings is 1. The molecule has 5 nitrogen and oxygen atoms in total. The molecule has 0 aliphatic heterocycles. The van der Waals surface area contributed by atoms with E-state index in [0.29, 0.717) is 6.54 Å². The molecule has 2 N–H and O–H groups in total. The van der Waals surface area contributed by atoms with Gasteiger partial charge in [-0.15, -0.1) is 0 Å². The maximum absolute atomic E-state index is 10.7. The zero-order valence-corrected chi connectivity index (χ0v) is 13.0. The van der Waals surface area contributed by atoms with E-state index in [9.17, 15) is 10.1 Å². The molecule has 0 fully saturated rings. The van der Waals surface area contributed by atoms with Crippen molar-refractivity contribution in [2.24, 2.45) is 11.1 Å². The van der Waals surface area contributed by atoms with Gasteiger partial charge in [-0.05, 0) is 40.6 Å². The highest BCUT2D eigenvalue weighted by Gasteiger charge is 2.20. The van der Waals surface area contributed by atoms with Gasteiger partial charge in [-0.1, -0.05) is 13.8 Å². The van der Waals surface area contributed by atoms with Gasteiger partial charge in [0.25, 0.3) is 5.69 Å². The number of nitro benzene ring substituents is 1. The second kappa shape index (κ2) is 5.83. The lowest BCUT2D eigenvalue weighted by atomic mass is 9.93. The molecular formula is C12H18IN3O2. The summed E-state index contributed by atoms with van der Waals surface area (Å²) in [7, 11) is 1.97. The van der Waals surface area contributed by atoms with E-state index in [1.165, 1.54) is 6.07 Å². The number of nitrogens with two attached hydrogens (primary N) is 1. The third-order valence-electron chi connectivity index (χ3n) is 2.77. The van der Waals surface area contributed by atoms with Gasteiger partial charge in [0.2, 0.25) is 0 Å². The topological polar surface area (TPSA) is 72.4 Å². The van der Waals surface area contributed by atoms with E-state index in [4.69, 9.17) is 5.73 Å². The van der Waals surface area contributed by atoms with E-state index in [1.54, 1.807) is 12.1 Å². The zero-order chi connectivity index (χ0) is 13.9. The smallest absolute Gasteiger partial charge is 0.270 e. The molecule has 1 rings (SSSR count). The van der Waals surface area contributed by atoms with E-state index in [0.717, 1.165) is 15.8 Å². The van der Waals surface area contributed by atoms with Crippen LogP contribution in [0.25, 0.3) is 0 Å². The van der Waals surface area contributed by atoms with Crippen molar-refractivity contribution in [3.05, 3.63) is 31.9 Å². The van der Waals surface area contributed by atoms with Crippen molar-refractivity contribution < 1.29 is 4.92 Å². The van der Waals surface area contributed by atoms with Gasteiger partial charge >= 0.3 is 0 Å². The number of nitrogens with zero attached hydrogens (tertiary/aromatic N) is 2. The van der Waals surface area contributed by atoms with Crippen LogP contribution in [-0.4, -0.2) is 25.1 Å². The Kier molecular flexibility index (Phi) is 4.92. The minimum Gasteiger partial charge on any atom is -0.373 e. The number of non-ortho nitro benzene ring substituents is 1. The first-order valence-corrected chi connectivity index (χ1v) is 6.70. The fraction of sp³-hybridized carbons (Fsp3) is 0.500. The van der Waals surface area contributed by atoms with Gasteiger partial charge in [-0.25, -0.2) is 0 Å². The Morgan fingerprint density at radius 2 is 2.11 bits per heavy atom. The van der Waals surface area contributed by atoms with Crippen molar-refractivity contribution >= 4 is 34.0 Å². The molecule has 0 saturated carbocycles. The first-order chi connectivity index (χ1) is 8.26. The minimum absolute atomic E-state index is 0.0135. The van der Waals surface area contributed by atoms with Gasteiger partial charge < -0.3 is 10.6 Å². The van der Waals surface area contributed by atoms with Crippen LogP contribution in [0.2, 0.25) is 0 Å². The predicted molar refractivity (Wildman–Crippen MR) is 81.9 cm³/mol. The Bertz CT molecular complexity index is 449. The number of nitro groups is 1. The van der Waals surface area contributed by atoms with E-state index in [2.05, 4.69) is 41.3 Å². The lowest BCUT2D eigenvalue weighted by Crippen LogP contribution is -2.37. The number of halogens is 1. The highest BCUT2D eigenvalue weighted by atomic mass is 127. The molecule has 0 atom stereocenters. The third kappa shape index (κ3) is 3.81. The fourth-order valence-corrected chi connectivity index (χ4v) is 2.62. The summed E-state index contributed by atoms with van der Waals surface area (Å²) in [6, 6.07) is 4.90. The molecule has 0 bridgehead atoms. The number of hydrogen-bond donors (Lipinski definition) is 1. The molecule has 0 heterocycles. The second-order valence-electron chi connectivity index (χ2n) is 5.12. The molecule has 18 heavy (non-hydrogen) atoms. The second-order valence-corrected chi connectivity index (χ2v) is 6.28. The van der Waals surface area contributed by atoms with Gasteiger partial charge in [0.1, 0.15) is 0 Å². The van der Waals surface area contributed by atoms with Crippen LogP contribution in [0.5, 0.6) is 0 Å². The van der Waals surface area contributed by atoms with Crippen LogP contribution in [0.4, 0.5) is 11.4 Å². The van der Waals surface area contributed by atoms with Crippen LogP contribution >= 0.6 is 22.6 Å². The Morgan fingerprint density at radius 3 is 2.56 bits per heavy atom. The largest absolute Gasteiger partial charge is 0.373 e. The Balaban J connectivity index is 2.93. The molecule has 6 heteroatoms. The van der Waals surface area contributed by atoms with Crippen LogP contribution < -0.4 is 10.6 Å². The molecule has 1 aromatic rings. The Labute approximate surface area is 121 Å². The number of rotatable bonds is 5. The highest BCUT2D eigenvalue weighted by Crippen LogP contribution is 2.28. The molecule has 0 unspecified atom stereocenters. The molecule has 0 amide bonds. The van der Waals surface area contributed by atoms with E-state index in [-0.39, 0.29) is 16.0 Å². The van der Waals surface area contributed by atoms with Crippen LogP contribution in [-0.2, 0) is 0 Å². The summed E-state index contributed by atoms with van der Waals surface area (Å²) in [6.07, 6.45) is 0. The van der Waals surface area contributed by atoms with Crippen LogP contribution in [0, 0.1) is 19.1 Å². The minimum atomic E-state index is -0.379. The summed E-state index contributed by atoms with van der Waals surface area (Å²) in [5.74, 6) is 0. The van der Waals surface area contributed by atoms with E-state index < -0.39 is 0 Å². The lowest BCUT2D eigenvalue weighted by Gasteiger charge is -2.31. The summed E-state index contributed by atoms with van der Waals surface area (Å²) in [4.78, 5) is 12.4. The molecule has 0 aromatic heterocycles. The maximum Gasteiger partial charge on any atom is 0.270 e. The summed E-state index contributed by atoms with van der Waals surface area (Å²) < 4.78 is 0.872.